The lowest BCUT2D eigenvalue weighted by atomic mass is 9.81. The summed E-state index contributed by atoms with van der Waals surface area (Å²) in [5.41, 5.74) is 5.57. The Hall–Kier alpha value is -3.28. The summed E-state index contributed by atoms with van der Waals surface area (Å²) < 4.78 is 5.42. The Balaban J connectivity index is 1.07. The number of methoxy groups -OCH3 is 1. The Kier molecular flexibility index (Phi) is 5.31. The van der Waals surface area contributed by atoms with Crippen LogP contribution in [0.1, 0.15) is 52.9 Å². The third kappa shape index (κ3) is 3.65. The second-order valence-corrected chi connectivity index (χ2v) is 10.1. The maximum absolute atomic E-state index is 13.4. The predicted octanol–water partition coefficient (Wildman–Crippen LogP) is 4.52. The van der Waals surface area contributed by atoms with Crippen LogP contribution in [0.15, 0.2) is 42.5 Å². The van der Waals surface area contributed by atoms with Gasteiger partial charge in [0, 0.05) is 66.2 Å². The molecule has 3 heterocycles. The molecule has 1 saturated carbocycles. The minimum atomic E-state index is 0.101. The molecule has 0 radical (unpaired) electrons. The number of benzene rings is 2. The summed E-state index contributed by atoms with van der Waals surface area (Å²) in [5, 5.41) is 1.16. The van der Waals surface area contributed by atoms with E-state index in [9.17, 15) is 9.59 Å². The molecule has 0 saturated heterocycles. The monoisotopic (exact) mass is 457 g/mol. The SMILES string of the molecule is COc1ccc2[nH]c3c(c2c1)CN(C(=O)C1CCC(CN2Cc4ccccc4C2=O)CC1)CC3. The molecule has 3 aromatic rings. The summed E-state index contributed by atoms with van der Waals surface area (Å²) in [6, 6.07) is 14.0. The fourth-order valence-corrected chi connectivity index (χ4v) is 6.13. The lowest BCUT2D eigenvalue weighted by Gasteiger charge is -2.35. The Morgan fingerprint density at radius 3 is 2.71 bits per heavy atom. The number of carbonyl (C=O) groups is 2. The van der Waals surface area contributed by atoms with Crippen molar-refractivity contribution in [3.8, 4) is 5.75 Å². The summed E-state index contributed by atoms with van der Waals surface area (Å²) in [7, 11) is 1.69. The third-order valence-corrected chi connectivity index (χ3v) is 8.06. The van der Waals surface area contributed by atoms with Crippen LogP contribution in [-0.4, -0.2) is 46.8 Å². The first-order valence-corrected chi connectivity index (χ1v) is 12.4. The zero-order valence-corrected chi connectivity index (χ0v) is 19.7. The molecule has 2 amide bonds. The second-order valence-electron chi connectivity index (χ2n) is 10.1. The van der Waals surface area contributed by atoms with Gasteiger partial charge < -0.3 is 19.5 Å². The quantitative estimate of drug-likeness (QED) is 0.626. The molecular formula is C28H31N3O3. The Morgan fingerprint density at radius 1 is 1.09 bits per heavy atom. The summed E-state index contributed by atoms with van der Waals surface area (Å²) in [6.07, 6.45) is 4.73. The van der Waals surface area contributed by atoms with E-state index in [4.69, 9.17) is 4.74 Å². The number of amides is 2. The van der Waals surface area contributed by atoms with Crippen molar-refractivity contribution in [3.05, 3.63) is 64.8 Å². The number of nitrogens with zero attached hydrogens (tertiary/aromatic N) is 2. The highest BCUT2D eigenvalue weighted by molar-refractivity contribution is 5.98. The number of H-pyrrole nitrogens is 1. The lowest BCUT2D eigenvalue weighted by molar-refractivity contribution is -0.137. The van der Waals surface area contributed by atoms with E-state index in [1.807, 2.05) is 29.2 Å². The summed E-state index contributed by atoms with van der Waals surface area (Å²) >= 11 is 0. The number of aromatic amines is 1. The van der Waals surface area contributed by atoms with Crippen LogP contribution >= 0.6 is 0 Å². The average Bonchev–Trinajstić information content (AvgIpc) is 3.40. The van der Waals surface area contributed by atoms with Crippen molar-refractivity contribution in [2.75, 3.05) is 20.2 Å². The maximum Gasteiger partial charge on any atom is 0.254 e. The van der Waals surface area contributed by atoms with Gasteiger partial charge in [0.15, 0.2) is 0 Å². The molecule has 0 spiro atoms. The lowest BCUT2D eigenvalue weighted by Crippen LogP contribution is -2.41. The first-order valence-electron chi connectivity index (χ1n) is 12.4. The zero-order valence-electron chi connectivity index (χ0n) is 19.7. The van der Waals surface area contributed by atoms with Crippen molar-refractivity contribution in [2.45, 2.75) is 45.2 Å². The standard InChI is InChI=1S/C28H31N3O3/c1-34-21-10-11-25-23(14-21)24-17-30(13-12-26(24)29-25)27(32)19-8-6-18(7-9-19)15-31-16-20-4-2-3-5-22(20)28(31)33/h2-5,10-11,14,18-19,29H,6-9,12-13,15-17H2,1H3. The van der Waals surface area contributed by atoms with E-state index in [0.717, 1.165) is 79.5 Å². The normalized spacial score (nSPS) is 22.1. The molecule has 1 N–H and O–H groups in total. The van der Waals surface area contributed by atoms with Crippen LogP contribution in [0.3, 0.4) is 0 Å². The smallest absolute Gasteiger partial charge is 0.254 e. The van der Waals surface area contributed by atoms with Gasteiger partial charge in [0.05, 0.1) is 7.11 Å². The topological polar surface area (TPSA) is 65.6 Å². The molecule has 1 aromatic heterocycles. The highest BCUT2D eigenvalue weighted by Crippen LogP contribution is 2.35. The molecule has 1 fully saturated rings. The van der Waals surface area contributed by atoms with Crippen LogP contribution in [0.2, 0.25) is 0 Å². The summed E-state index contributed by atoms with van der Waals surface area (Å²) in [5.74, 6) is 1.88. The number of hydrogen-bond acceptors (Lipinski definition) is 3. The van der Waals surface area contributed by atoms with E-state index in [0.29, 0.717) is 18.4 Å². The maximum atomic E-state index is 13.4. The third-order valence-electron chi connectivity index (χ3n) is 8.06. The van der Waals surface area contributed by atoms with Gasteiger partial charge in [0.25, 0.3) is 5.91 Å². The zero-order chi connectivity index (χ0) is 23.2. The highest BCUT2D eigenvalue weighted by Gasteiger charge is 2.34. The molecule has 6 rings (SSSR count). The van der Waals surface area contributed by atoms with Crippen molar-refractivity contribution in [2.24, 2.45) is 11.8 Å². The Labute approximate surface area is 199 Å². The van der Waals surface area contributed by atoms with Gasteiger partial charge in [-0.2, -0.15) is 0 Å². The Morgan fingerprint density at radius 2 is 1.91 bits per heavy atom. The van der Waals surface area contributed by atoms with Crippen molar-refractivity contribution in [1.29, 1.82) is 0 Å². The second kappa shape index (κ2) is 8.49. The summed E-state index contributed by atoms with van der Waals surface area (Å²) in [6.45, 7) is 2.97. The predicted molar refractivity (Wildman–Crippen MR) is 131 cm³/mol. The number of rotatable bonds is 4. The minimum absolute atomic E-state index is 0.101. The van der Waals surface area contributed by atoms with Gasteiger partial charge in [0.2, 0.25) is 5.91 Å². The van der Waals surface area contributed by atoms with E-state index >= 15 is 0 Å². The molecule has 0 bridgehead atoms. The van der Waals surface area contributed by atoms with Gasteiger partial charge in [-0.15, -0.1) is 0 Å². The fourth-order valence-electron chi connectivity index (χ4n) is 6.13. The number of carbonyl (C=O) groups excluding carboxylic acids is 2. The molecule has 6 nitrogen and oxygen atoms in total. The van der Waals surface area contributed by atoms with Crippen molar-refractivity contribution >= 4 is 22.7 Å². The molecule has 176 valence electrons. The van der Waals surface area contributed by atoms with E-state index in [1.54, 1.807) is 7.11 Å². The van der Waals surface area contributed by atoms with E-state index in [1.165, 1.54) is 11.3 Å². The summed E-state index contributed by atoms with van der Waals surface area (Å²) in [4.78, 5) is 33.7. The van der Waals surface area contributed by atoms with Gasteiger partial charge in [-0.05, 0) is 61.4 Å². The number of nitrogens with one attached hydrogen (secondary N) is 1. The van der Waals surface area contributed by atoms with Crippen molar-refractivity contribution < 1.29 is 14.3 Å². The molecule has 0 unspecified atom stereocenters. The van der Waals surface area contributed by atoms with Crippen molar-refractivity contribution in [1.82, 2.24) is 14.8 Å². The molecule has 2 aromatic carbocycles. The van der Waals surface area contributed by atoms with Crippen LogP contribution in [0.5, 0.6) is 5.75 Å². The van der Waals surface area contributed by atoms with Crippen LogP contribution in [0, 0.1) is 11.8 Å². The molecule has 1 aliphatic carbocycles. The number of ether oxygens (including phenoxy) is 1. The van der Waals surface area contributed by atoms with Gasteiger partial charge >= 0.3 is 0 Å². The number of hydrogen-bond donors (Lipinski definition) is 1. The molecular weight excluding hydrogens is 426 g/mol. The van der Waals surface area contributed by atoms with Gasteiger partial charge in [0.1, 0.15) is 5.75 Å². The molecule has 34 heavy (non-hydrogen) atoms. The molecule has 3 aliphatic rings. The average molecular weight is 458 g/mol. The van der Waals surface area contributed by atoms with Gasteiger partial charge in [-0.1, -0.05) is 18.2 Å². The van der Waals surface area contributed by atoms with Gasteiger partial charge in [-0.25, -0.2) is 0 Å². The first-order chi connectivity index (χ1) is 16.6. The van der Waals surface area contributed by atoms with E-state index in [-0.39, 0.29) is 11.8 Å². The largest absolute Gasteiger partial charge is 0.497 e. The molecule has 2 aliphatic heterocycles. The van der Waals surface area contributed by atoms with Crippen LogP contribution in [0.4, 0.5) is 0 Å². The van der Waals surface area contributed by atoms with Crippen LogP contribution < -0.4 is 4.74 Å². The van der Waals surface area contributed by atoms with Crippen molar-refractivity contribution in [3.63, 3.8) is 0 Å². The Bertz CT molecular complexity index is 1260. The van der Waals surface area contributed by atoms with Crippen LogP contribution in [-0.2, 0) is 24.3 Å². The van der Waals surface area contributed by atoms with Crippen LogP contribution in [0.25, 0.3) is 10.9 Å². The van der Waals surface area contributed by atoms with E-state index < -0.39 is 0 Å². The fraction of sp³-hybridized carbons (Fsp3) is 0.429. The molecule has 6 heteroatoms. The van der Waals surface area contributed by atoms with E-state index in [2.05, 4.69) is 28.1 Å². The first kappa shape index (κ1) is 21.3. The molecule has 0 atom stereocenters. The number of fused-ring (bicyclic) bond motifs is 4. The highest BCUT2D eigenvalue weighted by atomic mass is 16.5. The number of aromatic nitrogens is 1. The minimum Gasteiger partial charge on any atom is -0.497 e. The van der Waals surface area contributed by atoms with Gasteiger partial charge in [-0.3, -0.25) is 9.59 Å².